The highest BCUT2D eigenvalue weighted by atomic mass is 16.5. The van der Waals surface area contributed by atoms with Gasteiger partial charge in [0.1, 0.15) is 0 Å². The molecule has 1 aliphatic heterocycles. The Kier molecular flexibility index (Phi) is 5.01. The van der Waals surface area contributed by atoms with Crippen molar-refractivity contribution in [3.05, 3.63) is 11.9 Å². The topological polar surface area (TPSA) is 48.3 Å². The fraction of sp³-hybridized carbons (Fsp3) is 0.769. The average Bonchev–Trinajstić information content (AvgIpc) is 2.75. The van der Waals surface area contributed by atoms with Crippen LogP contribution in [0.15, 0.2) is 6.20 Å². The number of nitrogens with zero attached hydrogens (tertiary/aromatic N) is 2. The lowest BCUT2D eigenvalue weighted by atomic mass is 10.1. The van der Waals surface area contributed by atoms with Crippen molar-refractivity contribution in [2.45, 2.75) is 38.8 Å². The van der Waals surface area contributed by atoms with Gasteiger partial charge in [0.25, 0.3) is 0 Å². The highest BCUT2D eigenvalue weighted by Gasteiger charge is 2.14. The van der Waals surface area contributed by atoms with E-state index in [9.17, 15) is 0 Å². The predicted molar refractivity (Wildman–Crippen MR) is 70.9 cm³/mol. The fourth-order valence-electron chi connectivity index (χ4n) is 2.22. The zero-order valence-corrected chi connectivity index (χ0v) is 11.3. The zero-order chi connectivity index (χ0) is 12.8. The van der Waals surface area contributed by atoms with Crippen LogP contribution in [0.5, 0.6) is 0 Å². The van der Waals surface area contributed by atoms with Gasteiger partial charge in [-0.15, -0.1) is 0 Å². The lowest BCUT2D eigenvalue weighted by Gasteiger charge is -2.23. The molecule has 1 aromatic heterocycles. The monoisotopic (exact) mass is 253 g/mol. The maximum absolute atomic E-state index is 5.70. The number of rotatable bonds is 6. The van der Waals surface area contributed by atoms with Crippen LogP contribution >= 0.6 is 0 Å². The Balaban J connectivity index is 1.86. The maximum atomic E-state index is 5.70. The molecule has 1 unspecified atom stereocenters. The van der Waals surface area contributed by atoms with Gasteiger partial charge in [-0.25, -0.2) is 4.98 Å². The molecule has 1 aliphatic rings. The lowest BCUT2D eigenvalue weighted by Crippen LogP contribution is -2.28. The van der Waals surface area contributed by atoms with E-state index in [2.05, 4.69) is 14.9 Å². The number of hydrogen-bond donors (Lipinski definition) is 1. The highest BCUT2D eigenvalue weighted by Crippen LogP contribution is 2.14. The molecule has 0 spiro atoms. The third-order valence-electron chi connectivity index (χ3n) is 3.20. The third kappa shape index (κ3) is 3.71. The Bertz CT molecular complexity index is 359. The van der Waals surface area contributed by atoms with E-state index < -0.39 is 0 Å². The molecule has 0 amide bonds. The Labute approximate surface area is 108 Å². The molecule has 1 N–H and O–H groups in total. The Hall–Kier alpha value is -1.07. The van der Waals surface area contributed by atoms with Crippen molar-refractivity contribution in [2.24, 2.45) is 0 Å². The molecular formula is C13H23N3O2. The van der Waals surface area contributed by atoms with Crippen molar-refractivity contribution < 1.29 is 9.47 Å². The first-order valence-corrected chi connectivity index (χ1v) is 6.68. The minimum Gasteiger partial charge on any atom is -0.383 e. The van der Waals surface area contributed by atoms with E-state index >= 15 is 0 Å². The van der Waals surface area contributed by atoms with E-state index in [-0.39, 0.29) is 0 Å². The molecule has 18 heavy (non-hydrogen) atoms. The Morgan fingerprint density at radius 1 is 1.56 bits per heavy atom. The standard InChI is InChI=1S/C13H23N3O2/c1-11-10-16(6-8-17-2)13(15-11)14-9-12-5-3-4-7-18-12/h10,12H,3-9H2,1-2H3,(H,14,15). The molecule has 0 saturated carbocycles. The number of nitrogens with one attached hydrogen (secondary N) is 1. The molecule has 2 heterocycles. The van der Waals surface area contributed by atoms with E-state index in [1.165, 1.54) is 12.8 Å². The summed E-state index contributed by atoms with van der Waals surface area (Å²) in [6, 6.07) is 0. The average molecular weight is 253 g/mol. The van der Waals surface area contributed by atoms with Crippen LogP contribution in [0.4, 0.5) is 5.95 Å². The number of aromatic nitrogens is 2. The van der Waals surface area contributed by atoms with E-state index in [1.807, 2.05) is 13.1 Å². The first-order valence-electron chi connectivity index (χ1n) is 6.68. The van der Waals surface area contributed by atoms with Crippen molar-refractivity contribution in [2.75, 3.05) is 32.2 Å². The fourth-order valence-corrected chi connectivity index (χ4v) is 2.22. The Morgan fingerprint density at radius 3 is 3.17 bits per heavy atom. The summed E-state index contributed by atoms with van der Waals surface area (Å²) < 4.78 is 12.9. The van der Waals surface area contributed by atoms with Crippen LogP contribution < -0.4 is 5.32 Å². The van der Waals surface area contributed by atoms with Gasteiger partial charge >= 0.3 is 0 Å². The van der Waals surface area contributed by atoms with Crippen LogP contribution in [-0.4, -0.2) is 42.5 Å². The van der Waals surface area contributed by atoms with Crippen LogP contribution in [0.2, 0.25) is 0 Å². The number of anilines is 1. The van der Waals surface area contributed by atoms with Gasteiger partial charge in [-0.2, -0.15) is 0 Å². The summed E-state index contributed by atoms with van der Waals surface area (Å²) in [5, 5.41) is 3.38. The molecule has 102 valence electrons. The van der Waals surface area contributed by atoms with Gasteiger partial charge in [-0.1, -0.05) is 0 Å². The molecule has 0 aliphatic carbocycles. The molecule has 0 radical (unpaired) electrons. The number of imidazole rings is 1. The summed E-state index contributed by atoms with van der Waals surface area (Å²) in [5.41, 5.74) is 1.03. The second-order valence-electron chi connectivity index (χ2n) is 4.76. The summed E-state index contributed by atoms with van der Waals surface area (Å²) in [4.78, 5) is 4.49. The predicted octanol–water partition coefficient (Wildman–Crippen LogP) is 1.82. The molecule has 1 aromatic rings. The molecule has 1 saturated heterocycles. The van der Waals surface area contributed by atoms with E-state index in [1.54, 1.807) is 7.11 Å². The molecule has 5 heteroatoms. The number of hydrogen-bond acceptors (Lipinski definition) is 4. The van der Waals surface area contributed by atoms with E-state index in [0.29, 0.717) is 12.7 Å². The van der Waals surface area contributed by atoms with E-state index in [4.69, 9.17) is 9.47 Å². The van der Waals surface area contributed by atoms with Crippen LogP contribution in [0, 0.1) is 6.92 Å². The quantitative estimate of drug-likeness (QED) is 0.840. The molecule has 2 rings (SSSR count). The second-order valence-corrected chi connectivity index (χ2v) is 4.76. The summed E-state index contributed by atoms with van der Waals surface area (Å²) in [7, 11) is 1.72. The summed E-state index contributed by atoms with van der Waals surface area (Å²) in [6.45, 7) is 5.26. The van der Waals surface area contributed by atoms with Gasteiger partial charge in [0.05, 0.1) is 18.4 Å². The van der Waals surface area contributed by atoms with Crippen molar-refractivity contribution >= 4 is 5.95 Å². The SMILES string of the molecule is COCCn1cc(C)nc1NCC1CCCCO1. The molecule has 1 atom stereocenters. The van der Waals surface area contributed by atoms with Crippen molar-refractivity contribution in [1.29, 1.82) is 0 Å². The van der Waals surface area contributed by atoms with Gasteiger partial charge < -0.3 is 19.4 Å². The smallest absolute Gasteiger partial charge is 0.203 e. The van der Waals surface area contributed by atoms with Crippen LogP contribution in [0.1, 0.15) is 25.0 Å². The van der Waals surface area contributed by atoms with Gasteiger partial charge in [-0.3, -0.25) is 0 Å². The number of methoxy groups -OCH3 is 1. The maximum Gasteiger partial charge on any atom is 0.203 e. The zero-order valence-electron chi connectivity index (χ0n) is 11.3. The van der Waals surface area contributed by atoms with Crippen molar-refractivity contribution in [3.63, 3.8) is 0 Å². The lowest BCUT2D eigenvalue weighted by molar-refractivity contribution is 0.0246. The minimum absolute atomic E-state index is 0.326. The molecule has 0 aromatic carbocycles. The molecule has 5 nitrogen and oxygen atoms in total. The highest BCUT2D eigenvalue weighted by molar-refractivity contribution is 5.28. The van der Waals surface area contributed by atoms with E-state index in [0.717, 1.165) is 37.8 Å². The Morgan fingerprint density at radius 2 is 2.44 bits per heavy atom. The van der Waals surface area contributed by atoms with Crippen LogP contribution in [0.3, 0.4) is 0 Å². The van der Waals surface area contributed by atoms with Crippen molar-refractivity contribution in [1.82, 2.24) is 9.55 Å². The van der Waals surface area contributed by atoms with Gasteiger partial charge in [0.15, 0.2) is 0 Å². The van der Waals surface area contributed by atoms with Gasteiger partial charge in [0.2, 0.25) is 5.95 Å². The second kappa shape index (κ2) is 6.75. The molecule has 0 bridgehead atoms. The largest absolute Gasteiger partial charge is 0.383 e. The summed E-state index contributed by atoms with van der Waals surface area (Å²) in [5.74, 6) is 0.915. The third-order valence-corrected chi connectivity index (χ3v) is 3.20. The minimum atomic E-state index is 0.326. The van der Waals surface area contributed by atoms with Crippen LogP contribution in [0.25, 0.3) is 0 Å². The first kappa shape index (κ1) is 13.4. The normalized spacial score (nSPS) is 20.0. The molecular weight excluding hydrogens is 230 g/mol. The first-order chi connectivity index (χ1) is 8.79. The van der Waals surface area contributed by atoms with Gasteiger partial charge in [-0.05, 0) is 26.2 Å². The van der Waals surface area contributed by atoms with Crippen molar-refractivity contribution in [3.8, 4) is 0 Å². The molecule has 1 fully saturated rings. The summed E-state index contributed by atoms with van der Waals surface area (Å²) in [6.07, 6.45) is 5.97. The number of ether oxygens (including phenoxy) is 2. The van der Waals surface area contributed by atoms with Gasteiger partial charge in [0, 0.05) is 33.0 Å². The van der Waals surface area contributed by atoms with Crippen LogP contribution in [-0.2, 0) is 16.0 Å². The number of aryl methyl sites for hydroxylation is 1. The summed E-state index contributed by atoms with van der Waals surface area (Å²) >= 11 is 0.